The summed E-state index contributed by atoms with van der Waals surface area (Å²) in [6.07, 6.45) is 0. The number of amides is 1. The monoisotopic (exact) mass is 266 g/mol. The molecule has 0 aliphatic heterocycles. The van der Waals surface area contributed by atoms with Gasteiger partial charge in [-0.25, -0.2) is 0 Å². The molecule has 4 heteroatoms. The fraction of sp³-hybridized carbons (Fsp3) is 0.0625. The summed E-state index contributed by atoms with van der Waals surface area (Å²) < 4.78 is 5.81. The van der Waals surface area contributed by atoms with Gasteiger partial charge >= 0.3 is 0 Å². The van der Waals surface area contributed by atoms with Crippen molar-refractivity contribution >= 4 is 16.8 Å². The van der Waals surface area contributed by atoms with E-state index in [-0.39, 0.29) is 0 Å². The third kappa shape index (κ3) is 2.23. The van der Waals surface area contributed by atoms with E-state index in [1.165, 1.54) is 0 Å². The molecule has 0 bridgehead atoms. The van der Waals surface area contributed by atoms with Gasteiger partial charge < -0.3 is 15.5 Å². The summed E-state index contributed by atoms with van der Waals surface area (Å²) in [5.74, 6) is -0.0128. The number of benzene rings is 2. The van der Waals surface area contributed by atoms with E-state index in [1.807, 2.05) is 54.6 Å². The molecular formula is C16H14N2O2. The largest absolute Gasteiger partial charge is 0.486 e. The predicted octanol–water partition coefficient (Wildman–Crippen LogP) is 2.85. The Hall–Kier alpha value is -2.75. The van der Waals surface area contributed by atoms with Crippen molar-refractivity contribution < 1.29 is 9.53 Å². The second kappa shape index (κ2) is 5.09. The van der Waals surface area contributed by atoms with E-state index in [0.717, 1.165) is 16.5 Å². The van der Waals surface area contributed by atoms with Crippen LogP contribution < -0.4 is 10.5 Å². The summed E-state index contributed by atoms with van der Waals surface area (Å²) in [4.78, 5) is 14.5. The maximum absolute atomic E-state index is 11.5. The number of hydrogen-bond donors (Lipinski definition) is 2. The van der Waals surface area contributed by atoms with Crippen molar-refractivity contribution in [2.24, 2.45) is 5.73 Å². The van der Waals surface area contributed by atoms with Gasteiger partial charge in [0.05, 0.1) is 0 Å². The van der Waals surface area contributed by atoms with Crippen LogP contribution >= 0.6 is 0 Å². The highest BCUT2D eigenvalue weighted by molar-refractivity contribution is 6.02. The topological polar surface area (TPSA) is 68.1 Å². The Morgan fingerprint density at radius 3 is 2.50 bits per heavy atom. The standard InChI is InChI=1S/C16H14N2O2/c17-16(19)14-15(12-8-4-5-9-13(12)18-14)20-10-11-6-2-1-3-7-11/h1-9,18H,10H2,(H2,17,19). The third-order valence-electron chi connectivity index (χ3n) is 3.13. The predicted molar refractivity (Wildman–Crippen MR) is 77.6 cm³/mol. The van der Waals surface area contributed by atoms with E-state index in [0.29, 0.717) is 18.1 Å². The zero-order valence-corrected chi connectivity index (χ0v) is 10.8. The Morgan fingerprint density at radius 1 is 1.05 bits per heavy atom. The molecule has 1 aromatic heterocycles. The van der Waals surface area contributed by atoms with Gasteiger partial charge in [0.2, 0.25) is 0 Å². The first-order valence-electron chi connectivity index (χ1n) is 6.33. The highest BCUT2D eigenvalue weighted by Gasteiger charge is 2.16. The fourth-order valence-electron chi connectivity index (χ4n) is 2.17. The average molecular weight is 266 g/mol. The number of carbonyl (C=O) groups is 1. The zero-order valence-electron chi connectivity index (χ0n) is 10.8. The van der Waals surface area contributed by atoms with Gasteiger partial charge in [-0.2, -0.15) is 0 Å². The minimum atomic E-state index is -0.524. The molecule has 100 valence electrons. The molecule has 0 saturated carbocycles. The normalized spacial score (nSPS) is 10.6. The molecule has 0 unspecified atom stereocenters. The van der Waals surface area contributed by atoms with Crippen LogP contribution in [-0.4, -0.2) is 10.9 Å². The van der Waals surface area contributed by atoms with Gasteiger partial charge in [0.1, 0.15) is 12.3 Å². The summed E-state index contributed by atoms with van der Waals surface area (Å²) in [5.41, 5.74) is 7.58. The molecule has 0 spiro atoms. The lowest BCUT2D eigenvalue weighted by atomic mass is 10.2. The molecule has 3 N–H and O–H groups in total. The van der Waals surface area contributed by atoms with Crippen LogP contribution in [0.25, 0.3) is 10.9 Å². The van der Waals surface area contributed by atoms with Crippen LogP contribution in [0.3, 0.4) is 0 Å². The molecule has 0 aliphatic rings. The summed E-state index contributed by atoms with van der Waals surface area (Å²) in [6, 6.07) is 17.4. The summed E-state index contributed by atoms with van der Waals surface area (Å²) in [5, 5.41) is 0.859. The first-order chi connectivity index (χ1) is 9.75. The van der Waals surface area contributed by atoms with E-state index < -0.39 is 5.91 Å². The fourth-order valence-corrected chi connectivity index (χ4v) is 2.17. The number of H-pyrrole nitrogens is 1. The number of aromatic amines is 1. The Kier molecular flexibility index (Phi) is 3.13. The second-order valence-electron chi connectivity index (χ2n) is 4.51. The molecule has 1 amide bonds. The number of ether oxygens (including phenoxy) is 1. The Labute approximate surface area is 116 Å². The maximum atomic E-state index is 11.5. The molecule has 3 aromatic rings. The zero-order chi connectivity index (χ0) is 13.9. The van der Waals surface area contributed by atoms with E-state index in [4.69, 9.17) is 10.5 Å². The van der Waals surface area contributed by atoms with Crippen molar-refractivity contribution in [3.8, 4) is 5.75 Å². The highest BCUT2D eigenvalue weighted by Crippen LogP contribution is 2.30. The van der Waals surface area contributed by atoms with Gasteiger partial charge in [0.15, 0.2) is 5.75 Å². The minimum absolute atomic E-state index is 0.308. The number of nitrogens with two attached hydrogens (primary N) is 1. The number of para-hydroxylation sites is 1. The molecule has 3 rings (SSSR count). The van der Waals surface area contributed by atoms with Crippen molar-refractivity contribution in [1.29, 1.82) is 0 Å². The van der Waals surface area contributed by atoms with Gasteiger partial charge in [-0.1, -0.05) is 42.5 Å². The van der Waals surface area contributed by atoms with Crippen LogP contribution in [0.1, 0.15) is 16.1 Å². The molecule has 0 saturated heterocycles. The lowest BCUT2D eigenvalue weighted by Crippen LogP contribution is -2.13. The number of fused-ring (bicyclic) bond motifs is 1. The van der Waals surface area contributed by atoms with Crippen LogP contribution in [0.5, 0.6) is 5.75 Å². The molecule has 20 heavy (non-hydrogen) atoms. The molecule has 0 aliphatic carbocycles. The summed E-state index contributed by atoms with van der Waals surface area (Å²) in [6.45, 7) is 0.392. The lowest BCUT2D eigenvalue weighted by molar-refractivity contribution is 0.0992. The van der Waals surface area contributed by atoms with Crippen LogP contribution in [0.2, 0.25) is 0 Å². The number of carbonyl (C=O) groups excluding carboxylic acids is 1. The number of nitrogens with one attached hydrogen (secondary N) is 1. The van der Waals surface area contributed by atoms with Gasteiger partial charge in [-0.05, 0) is 17.7 Å². The second-order valence-corrected chi connectivity index (χ2v) is 4.51. The van der Waals surface area contributed by atoms with E-state index in [2.05, 4.69) is 4.98 Å². The third-order valence-corrected chi connectivity index (χ3v) is 3.13. The van der Waals surface area contributed by atoms with Crippen LogP contribution in [0.15, 0.2) is 54.6 Å². The first kappa shape index (κ1) is 12.3. The smallest absolute Gasteiger partial charge is 0.269 e. The molecule has 4 nitrogen and oxygen atoms in total. The molecular weight excluding hydrogens is 252 g/mol. The maximum Gasteiger partial charge on any atom is 0.269 e. The van der Waals surface area contributed by atoms with Crippen molar-refractivity contribution in [3.63, 3.8) is 0 Å². The molecule has 1 heterocycles. The number of rotatable bonds is 4. The van der Waals surface area contributed by atoms with Gasteiger partial charge in [0, 0.05) is 10.9 Å². The average Bonchev–Trinajstić information content (AvgIpc) is 2.85. The van der Waals surface area contributed by atoms with Crippen molar-refractivity contribution in [3.05, 3.63) is 65.9 Å². The van der Waals surface area contributed by atoms with E-state index in [1.54, 1.807) is 0 Å². The van der Waals surface area contributed by atoms with Crippen molar-refractivity contribution in [1.82, 2.24) is 4.98 Å². The molecule has 0 atom stereocenters. The summed E-state index contributed by atoms with van der Waals surface area (Å²) >= 11 is 0. The van der Waals surface area contributed by atoms with Crippen LogP contribution in [0.4, 0.5) is 0 Å². The quantitative estimate of drug-likeness (QED) is 0.762. The number of primary amides is 1. The van der Waals surface area contributed by atoms with Gasteiger partial charge in [-0.3, -0.25) is 4.79 Å². The van der Waals surface area contributed by atoms with Crippen LogP contribution in [0, 0.1) is 0 Å². The number of aromatic nitrogens is 1. The highest BCUT2D eigenvalue weighted by atomic mass is 16.5. The molecule has 0 radical (unpaired) electrons. The van der Waals surface area contributed by atoms with Gasteiger partial charge in [0.25, 0.3) is 5.91 Å². The SMILES string of the molecule is NC(=O)c1[nH]c2ccccc2c1OCc1ccccc1. The number of hydrogen-bond acceptors (Lipinski definition) is 2. The molecule has 2 aromatic carbocycles. The first-order valence-corrected chi connectivity index (χ1v) is 6.33. The Bertz CT molecular complexity index is 748. The minimum Gasteiger partial charge on any atom is -0.486 e. The Morgan fingerprint density at radius 2 is 1.75 bits per heavy atom. The van der Waals surface area contributed by atoms with Crippen molar-refractivity contribution in [2.45, 2.75) is 6.61 Å². The Balaban J connectivity index is 1.97. The van der Waals surface area contributed by atoms with E-state index >= 15 is 0 Å². The van der Waals surface area contributed by atoms with E-state index in [9.17, 15) is 4.79 Å². The lowest BCUT2D eigenvalue weighted by Gasteiger charge is -2.06. The summed E-state index contributed by atoms with van der Waals surface area (Å²) in [7, 11) is 0. The van der Waals surface area contributed by atoms with Crippen LogP contribution in [-0.2, 0) is 6.61 Å². The molecule has 0 fully saturated rings. The van der Waals surface area contributed by atoms with Crippen molar-refractivity contribution in [2.75, 3.05) is 0 Å². The van der Waals surface area contributed by atoms with Gasteiger partial charge in [-0.15, -0.1) is 0 Å².